The van der Waals surface area contributed by atoms with Crippen LogP contribution < -0.4 is 15.1 Å². The number of amides is 1. The molecule has 1 atom stereocenters. The van der Waals surface area contributed by atoms with Crippen LogP contribution in [0, 0.1) is 5.82 Å². The van der Waals surface area contributed by atoms with Gasteiger partial charge in [0.25, 0.3) is 5.91 Å². The third kappa shape index (κ3) is 2.65. The Bertz CT molecular complexity index is 1140. The van der Waals surface area contributed by atoms with Crippen molar-refractivity contribution >= 4 is 17.4 Å². The van der Waals surface area contributed by atoms with E-state index in [2.05, 4.69) is 15.4 Å². The fraction of sp³-hybridized carbons (Fsp3) is 0.350. The average molecular weight is 395 g/mol. The van der Waals surface area contributed by atoms with Gasteiger partial charge in [-0.25, -0.2) is 19.0 Å². The highest BCUT2D eigenvalue weighted by Gasteiger charge is 2.46. The quantitative estimate of drug-likeness (QED) is 0.630. The summed E-state index contributed by atoms with van der Waals surface area (Å²) in [6, 6.07) is 6.03. The maximum atomic E-state index is 14.1. The van der Waals surface area contributed by atoms with Crippen molar-refractivity contribution in [2.45, 2.75) is 30.8 Å². The van der Waals surface area contributed by atoms with Crippen LogP contribution >= 0.6 is 0 Å². The van der Waals surface area contributed by atoms with Crippen molar-refractivity contribution in [3.05, 3.63) is 53.6 Å². The molecule has 3 aliphatic rings. The molecule has 2 fully saturated rings. The van der Waals surface area contributed by atoms with Crippen LogP contribution in [0.25, 0.3) is 5.65 Å². The monoisotopic (exact) mass is 395 g/mol. The third-order valence-corrected chi connectivity index (χ3v) is 5.80. The number of ether oxygens (including phenoxy) is 1. The molecule has 3 aromatic rings. The van der Waals surface area contributed by atoms with Crippen molar-refractivity contribution in [1.82, 2.24) is 19.9 Å². The zero-order chi connectivity index (χ0) is 19.6. The van der Waals surface area contributed by atoms with E-state index in [-0.39, 0.29) is 17.8 Å². The standard InChI is InChI=1S/C20H18FN5O3/c21-12-1-2-16-13(9-12)15-4-8-29-26(15)17-3-7-25-18(23-17)14(10-22-25)19(27)24-20(5-6-20)11-28-16/h1-3,7,9-10,15H,4-6,8,11H2,(H,24,27). The maximum Gasteiger partial charge on any atom is 0.257 e. The van der Waals surface area contributed by atoms with Gasteiger partial charge >= 0.3 is 0 Å². The minimum Gasteiger partial charge on any atom is -0.491 e. The minimum absolute atomic E-state index is 0.233. The largest absolute Gasteiger partial charge is 0.491 e. The number of carbonyl (C=O) groups excluding carboxylic acids is 1. The van der Waals surface area contributed by atoms with Crippen molar-refractivity contribution in [1.29, 1.82) is 0 Å². The summed E-state index contributed by atoms with van der Waals surface area (Å²) < 4.78 is 21.8. The number of fused-ring (bicyclic) bond motifs is 5. The van der Waals surface area contributed by atoms with Crippen molar-refractivity contribution in [3.8, 4) is 5.75 Å². The zero-order valence-electron chi connectivity index (χ0n) is 15.5. The van der Waals surface area contributed by atoms with Crippen molar-refractivity contribution in [3.63, 3.8) is 0 Å². The first-order chi connectivity index (χ1) is 14.1. The number of rotatable bonds is 0. The van der Waals surface area contributed by atoms with Gasteiger partial charge in [0, 0.05) is 24.2 Å². The van der Waals surface area contributed by atoms with E-state index in [1.807, 2.05) is 0 Å². The fourth-order valence-electron chi connectivity index (χ4n) is 4.01. The lowest BCUT2D eigenvalue weighted by Crippen LogP contribution is -2.41. The number of halogens is 1. The Hall–Kier alpha value is -3.20. The van der Waals surface area contributed by atoms with Crippen LogP contribution in [0.15, 0.2) is 36.7 Å². The Morgan fingerprint density at radius 1 is 1.28 bits per heavy atom. The molecule has 148 valence electrons. The number of aromatic nitrogens is 3. The second-order valence-electron chi connectivity index (χ2n) is 7.78. The Morgan fingerprint density at radius 3 is 3.03 bits per heavy atom. The Labute approximate surface area is 165 Å². The summed E-state index contributed by atoms with van der Waals surface area (Å²) in [5.74, 6) is 0.559. The molecule has 1 amide bonds. The molecule has 1 N–H and O–H groups in total. The summed E-state index contributed by atoms with van der Waals surface area (Å²) >= 11 is 0. The molecule has 6 rings (SSSR count). The molecule has 2 aliphatic heterocycles. The molecular formula is C20H18FN5O3. The van der Waals surface area contributed by atoms with Crippen LogP contribution in [0.5, 0.6) is 5.75 Å². The van der Waals surface area contributed by atoms with Gasteiger partial charge in [-0.15, -0.1) is 0 Å². The van der Waals surface area contributed by atoms with E-state index in [1.165, 1.54) is 18.3 Å². The molecule has 29 heavy (non-hydrogen) atoms. The van der Waals surface area contributed by atoms with Crippen LogP contribution in [0.1, 0.15) is 41.2 Å². The van der Waals surface area contributed by atoms with Crippen LogP contribution in [0.4, 0.5) is 10.2 Å². The van der Waals surface area contributed by atoms with Crippen molar-refractivity contribution in [2.75, 3.05) is 18.3 Å². The molecule has 9 heteroatoms. The van der Waals surface area contributed by atoms with Gasteiger partial charge in [-0.3, -0.25) is 9.63 Å². The van der Waals surface area contributed by atoms with Gasteiger partial charge in [0.1, 0.15) is 23.7 Å². The molecule has 2 aromatic heterocycles. The predicted molar refractivity (Wildman–Crippen MR) is 100 cm³/mol. The molecule has 8 nitrogen and oxygen atoms in total. The van der Waals surface area contributed by atoms with E-state index < -0.39 is 5.54 Å². The number of hydrogen-bond donors (Lipinski definition) is 1. The minimum atomic E-state index is -0.422. The highest BCUT2D eigenvalue weighted by Crippen LogP contribution is 2.41. The molecule has 4 heterocycles. The number of nitrogens with zero attached hydrogens (tertiary/aromatic N) is 4. The Morgan fingerprint density at radius 2 is 2.17 bits per heavy atom. The van der Waals surface area contributed by atoms with Gasteiger partial charge in [0.05, 0.1) is 24.4 Å². The normalized spacial score (nSPS) is 22.3. The molecular weight excluding hydrogens is 377 g/mol. The number of hydrogen-bond acceptors (Lipinski definition) is 6. The number of carbonyl (C=O) groups is 1. The van der Waals surface area contributed by atoms with Gasteiger partial charge in [-0.2, -0.15) is 5.10 Å². The van der Waals surface area contributed by atoms with Gasteiger partial charge in [0.2, 0.25) is 0 Å². The molecule has 1 aliphatic carbocycles. The predicted octanol–water partition coefficient (Wildman–Crippen LogP) is 2.41. The molecule has 1 saturated heterocycles. The molecule has 0 radical (unpaired) electrons. The summed E-state index contributed by atoms with van der Waals surface area (Å²) in [5.41, 5.74) is 1.13. The summed E-state index contributed by atoms with van der Waals surface area (Å²) in [5, 5.41) is 8.98. The lowest BCUT2D eigenvalue weighted by Gasteiger charge is -2.26. The van der Waals surface area contributed by atoms with Crippen LogP contribution in [-0.2, 0) is 4.84 Å². The van der Waals surface area contributed by atoms with E-state index >= 15 is 0 Å². The lowest BCUT2D eigenvalue weighted by molar-refractivity contribution is 0.0914. The van der Waals surface area contributed by atoms with E-state index in [1.54, 1.807) is 27.9 Å². The molecule has 1 spiro atoms. The van der Waals surface area contributed by atoms with E-state index in [0.717, 1.165) is 12.8 Å². The summed E-state index contributed by atoms with van der Waals surface area (Å²) in [4.78, 5) is 23.4. The molecule has 1 unspecified atom stereocenters. The second kappa shape index (κ2) is 5.90. The van der Waals surface area contributed by atoms with E-state index in [4.69, 9.17) is 9.57 Å². The van der Waals surface area contributed by atoms with Gasteiger partial charge in [0.15, 0.2) is 11.5 Å². The molecule has 2 bridgehead atoms. The second-order valence-corrected chi connectivity index (χ2v) is 7.78. The Kier molecular flexibility index (Phi) is 3.40. The smallest absolute Gasteiger partial charge is 0.257 e. The maximum absolute atomic E-state index is 14.1. The van der Waals surface area contributed by atoms with Crippen LogP contribution in [0.2, 0.25) is 0 Å². The van der Waals surface area contributed by atoms with E-state index in [0.29, 0.717) is 48.0 Å². The van der Waals surface area contributed by atoms with Crippen LogP contribution in [0.3, 0.4) is 0 Å². The van der Waals surface area contributed by atoms with Gasteiger partial charge in [-0.1, -0.05) is 0 Å². The molecule has 1 aromatic carbocycles. The van der Waals surface area contributed by atoms with Crippen LogP contribution in [-0.4, -0.2) is 39.3 Å². The first-order valence-electron chi connectivity index (χ1n) is 9.63. The van der Waals surface area contributed by atoms with Gasteiger partial charge < -0.3 is 10.1 Å². The lowest BCUT2D eigenvalue weighted by atomic mass is 10.0. The number of benzene rings is 1. The summed E-state index contributed by atoms with van der Waals surface area (Å²) in [7, 11) is 0. The topological polar surface area (TPSA) is 81.0 Å². The van der Waals surface area contributed by atoms with Crippen molar-refractivity contribution in [2.24, 2.45) is 0 Å². The summed E-state index contributed by atoms with van der Waals surface area (Å²) in [6.07, 6.45) is 5.58. The highest BCUT2D eigenvalue weighted by molar-refractivity contribution is 6.00. The molecule has 1 saturated carbocycles. The van der Waals surface area contributed by atoms with Crippen molar-refractivity contribution < 1.29 is 18.8 Å². The van der Waals surface area contributed by atoms with E-state index in [9.17, 15) is 9.18 Å². The Balaban J connectivity index is 1.54. The number of hydroxylamine groups is 1. The average Bonchev–Trinajstić information content (AvgIpc) is 3.14. The number of anilines is 1. The highest BCUT2D eigenvalue weighted by atomic mass is 19.1. The zero-order valence-corrected chi connectivity index (χ0v) is 15.5. The first-order valence-corrected chi connectivity index (χ1v) is 9.63. The third-order valence-electron chi connectivity index (χ3n) is 5.80. The SMILES string of the molecule is O=C1NC2(CC2)COc2ccc(F)cc2C2CCON2c2ccn3ncc1c3n2. The number of nitrogens with one attached hydrogen (secondary N) is 1. The fourth-order valence-corrected chi connectivity index (χ4v) is 4.01. The first kappa shape index (κ1) is 16.7. The van der Waals surface area contributed by atoms with Gasteiger partial charge in [-0.05, 0) is 31.0 Å². The summed E-state index contributed by atoms with van der Waals surface area (Å²) in [6.45, 7) is 0.796.